The molecule has 0 heterocycles. The molecule has 0 aliphatic rings. The molecule has 1 N–H and O–H groups in total. The molecule has 0 fully saturated rings. The number of nitrogens with one attached hydrogen (secondary N) is 1. The van der Waals surface area contributed by atoms with Crippen molar-refractivity contribution in [3.05, 3.63) is 46.5 Å². The normalized spacial score (nSPS) is 10.2. The molecule has 0 bridgehead atoms. The van der Waals surface area contributed by atoms with Gasteiger partial charge in [-0.1, -0.05) is 18.2 Å². The van der Waals surface area contributed by atoms with E-state index in [1.807, 2.05) is 0 Å². The average molecular weight is 264 g/mol. The molecule has 0 spiro atoms. The third-order valence-corrected chi connectivity index (χ3v) is 2.02. The number of para-hydroxylation sites is 2. The zero-order valence-electron chi connectivity index (χ0n) is 10.2. The van der Waals surface area contributed by atoms with Crippen LogP contribution in [0.5, 0.6) is 0 Å². The number of nitro groups is 1. The number of hydrogen-bond acceptors (Lipinski definition) is 5. The minimum absolute atomic E-state index is 0.0552. The minimum atomic E-state index is -0.653. The number of nitrogens with zero attached hydrogens (tertiary/aromatic N) is 1. The predicted octanol–water partition coefficient (Wildman–Crippen LogP) is 1.65. The third-order valence-electron chi connectivity index (χ3n) is 2.02. The van der Waals surface area contributed by atoms with E-state index in [1.54, 1.807) is 13.0 Å². The number of ether oxygens (including phenoxy) is 1. The summed E-state index contributed by atoms with van der Waals surface area (Å²) in [7, 11) is 0. The zero-order valence-corrected chi connectivity index (χ0v) is 10.2. The van der Waals surface area contributed by atoms with Gasteiger partial charge >= 0.3 is 5.97 Å². The van der Waals surface area contributed by atoms with Gasteiger partial charge in [-0.25, -0.2) is 4.79 Å². The zero-order chi connectivity index (χ0) is 14.3. The van der Waals surface area contributed by atoms with Gasteiger partial charge in [0, 0.05) is 12.1 Å². The molecule has 0 unspecified atom stereocenters. The van der Waals surface area contributed by atoms with Crippen molar-refractivity contribution < 1.29 is 19.2 Å². The summed E-state index contributed by atoms with van der Waals surface area (Å²) in [5.74, 6) is -1.30. The van der Waals surface area contributed by atoms with Gasteiger partial charge in [0.15, 0.2) is 6.61 Å². The molecular formula is C12H12N2O5. The van der Waals surface area contributed by atoms with Crippen molar-refractivity contribution in [2.45, 2.75) is 6.92 Å². The highest BCUT2D eigenvalue weighted by molar-refractivity contribution is 5.95. The smallest absolute Gasteiger partial charge is 0.330 e. The first-order valence-electron chi connectivity index (χ1n) is 5.37. The Labute approximate surface area is 109 Å². The highest BCUT2D eigenvalue weighted by Crippen LogP contribution is 2.22. The van der Waals surface area contributed by atoms with E-state index < -0.39 is 23.4 Å². The maximum Gasteiger partial charge on any atom is 0.330 e. The van der Waals surface area contributed by atoms with Gasteiger partial charge in [-0.3, -0.25) is 14.9 Å². The van der Waals surface area contributed by atoms with E-state index in [4.69, 9.17) is 0 Å². The van der Waals surface area contributed by atoms with Crippen molar-refractivity contribution in [3.8, 4) is 0 Å². The minimum Gasteiger partial charge on any atom is -0.452 e. The predicted molar refractivity (Wildman–Crippen MR) is 67.5 cm³/mol. The quantitative estimate of drug-likeness (QED) is 0.377. The number of carbonyl (C=O) groups is 2. The van der Waals surface area contributed by atoms with Gasteiger partial charge in [0.25, 0.3) is 11.6 Å². The van der Waals surface area contributed by atoms with E-state index in [1.165, 1.54) is 24.3 Å². The number of anilines is 1. The van der Waals surface area contributed by atoms with Crippen LogP contribution in [0.25, 0.3) is 0 Å². The Morgan fingerprint density at radius 2 is 2.11 bits per heavy atom. The van der Waals surface area contributed by atoms with Crippen LogP contribution in [0.1, 0.15) is 6.92 Å². The Balaban J connectivity index is 2.62. The standard InChI is InChI=1S/C12H12N2O5/c1-2-5-12(16)19-8-11(15)13-9-6-3-4-7-10(9)14(17)18/h2-7H,8H2,1H3,(H,13,15). The highest BCUT2D eigenvalue weighted by atomic mass is 16.6. The van der Waals surface area contributed by atoms with Crippen molar-refractivity contribution in [2.75, 3.05) is 11.9 Å². The number of esters is 1. The molecule has 1 rings (SSSR count). The molecule has 0 aromatic heterocycles. The number of hydrogen-bond donors (Lipinski definition) is 1. The number of rotatable bonds is 5. The molecule has 1 aromatic rings. The molecular weight excluding hydrogens is 252 g/mol. The first kappa shape index (κ1) is 14.4. The van der Waals surface area contributed by atoms with Crippen LogP contribution in [0.4, 0.5) is 11.4 Å². The first-order chi connectivity index (χ1) is 9.04. The summed E-state index contributed by atoms with van der Waals surface area (Å²) >= 11 is 0. The van der Waals surface area contributed by atoms with E-state index >= 15 is 0 Å². The van der Waals surface area contributed by atoms with Crippen LogP contribution < -0.4 is 5.32 Å². The molecule has 7 nitrogen and oxygen atoms in total. The van der Waals surface area contributed by atoms with Gasteiger partial charge in [0.1, 0.15) is 5.69 Å². The van der Waals surface area contributed by atoms with E-state index in [-0.39, 0.29) is 11.4 Å². The van der Waals surface area contributed by atoms with Crippen molar-refractivity contribution in [1.82, 2.24) is 0 Å². The summed E-state index contributed by atoms with van der Waals surface area (Å²) < 4.78 is 4.61. The largest absolute Gasteiger partial charge is 0.452 e. The van der Waals surface area contributed by atoms with Gasteiger partial charge in [-0.05, 0) is 13.0 Å². The topological polar surface area (TPSA) is 98.5 Å². The van der Waals surface area contributed by atoms with Crippen LogP contribution in [-0.4, -0.2) is 23.4 Å². The Morgan fingerprint density at radius 1 is 1.42 bits per heavy atom. The Kier molecular flexibility index (Phi) is 5.21. The fourth-order valence-electron chi connectivity index (χ4n) is 1.25. The molecule has 0 saturated carbocycles. The van der Waals surface area contributed by atoms with Crippen LogP contribution in [0.3, 0.4) is 0 Å². The fraction of sp³-hybridized carbons (Fsp3) is 0.167. The molecule has 0 radical (unpaired) electrons. The second kappa shape index (κ2) is 6.90. The van der Waals surface area contributed by atoms with Crippen LogP contribution in [0.15, 0.2) is 36.4 Å². The monoisotopic (exact) mass is 264 g/mol. The lowest BCUT2D eigenvalue weighted by molar-refractivity contribution is -0.383. The van der Waals surface area contributed by atoms with E-state index in [2.05, 4.69) is 10.1 Å². The fourth-order valence-corrected chi connectivity index (χ4v) is 1.25. The van der Waals surface area contributed by atoms with Crippen molar-refractivity contribution in [2.24, 2.45) is 0 Å². The van der Waals surface area contributed by atoms with Crippen LogP contribution >= 0.6 is 0 Å². The highest BCUT2D eigenvalue weighted by Gasteiger charge is 2.15. The first-order valence-corrected chi connectivity index (χ1v) is 5.37. The number of carbonyl (C=O) groups excluding carboxylic acids is 2. The van der Waals surface area contributed by atoms with Gasteiger partial charge in [0.05, 0.1) is 4.92 Å². The lowest BCUT2D eigenvalue weighted by Gasteiger charge is -2.05. The summed E-state index contributed by atoms with van der Waals surface area (Å²) in [5, 5.41) is 13.0. The molecule has 0 aliphatic carbocycles. The molecule has 0 aliphatic heterocycles. The third kappa shape index (κ3) is 4.58. The summed E-state index contributed by atoms with van der Waals surface area (Å²) in [6.07, 6.45) is 2.64. The second-order valence-electron chi connectivity index (χ2n) is 3.43. The van der Waals surface area contributed by atoms with Crippen molar-refractivity contribution in [3.63, 3.8) is 0 Å². The second-order valence-corrected chi connectivity index (χ2v) is 3.43. The number of allylic oxidation sites excluding steroid dienone is 1. The van der Waals surface area contributed by atoms with Gasteiger partial charge in [-0.2, -0.15) is 0 Å². The van der Waals surface area contributed by atoms with E-state index in [9.17, 15) is 19.7 Å². The van der Waals surface area contributed by atoms with Crippen LogP contribution in [0, 0.1) is 10.1 Å². The van der Waals surface area contributed by atoms with E-state index in [0.29, 0.717) is 0 Å². The Morgan fingerprint density at radius 3 is 2.74 bits per heavy atom. The number of benzene rings is 1. The van der Waals surface area contributed by atoms with Gasteiger partial charge in [0.2, 0.25) is 0 Å². The molecule has 100 valence electrons. The van der Waals surface area contributed by atoms with E-state index in [0.717, 1.165) is 6.08 Å². The summed E-state index contributed by atoms with van der Waals surface area (Å²) in [6.45, 7) is 1.13. The van der Waals surface area contributed by atoms with Crippen molar-refractivity contribution in [1.29, 1.82) is 0 Å². The summed E-state index contributed by atoms with van der Waals surface area (Å²) in [5.41, 5.74) is -0.171. The summed E-state index contributed by atoms with van der Waals surface area (Å²) in [4.78, 5) is 32.5. The maximum atomic E-state index is 11.5. The molecule has 19 heavy (non-hydrogen) atoms. The lowest BCUT2D eigenvalue weighted by atomic mass is 10.2. The SMILES string of the molecule is CC=CC(=O)OCC(=O)Nc1ccccc1[N+](=O)[O-]. The summed E-state index contributed by atoms with van der Waals surface area (Å²) in [6, 6.07) is 5.69. The molecule has 1 aromatic carbocycles. The van der Waals surface area contributed by atoms with Gasteiger partial charge in [-0.15, -0.1) is 0 Å². The van der Waals surface area contributed by atoms with Crippen LogP contribution in [-0.2, 0) is 14.3 Å². The van der Waals surface area contributed by atoms with Crippen molar-refractivity contribution >= 4 is 23.3 Å². The number of nitro benzene ring substituents is 1. The lowest BCUT2D eigenvalue weighted by Crippen LogP contribution is -2.20. The average Bonchev–Trinajstić information content (AvgIpc) is 2.37. The number of amides is 1. The van der Waals surface area contributed by atoms with Crippen LogP contribution in [0.2, 0.25) is 0 Å². The van der Waals surface area contributed by atoms with Gasteiger partial charge < -0.3 is 10.1 Å². The molecule has 1 amide bonds. The molecule has 0 saturated heterocycles. The molecule has 0 atom stereocenters. The Hall–Kier alpha value is -2.70. The maximum absolute atomic E-state index is 11.5. The Bertz CT molecular complexity index is 525. The molecule has 7 heteroatoms.